The topological polar surface area (TPSA) is 98.5 Å². The van der Waals surface area contributed by atoms with E-state index in [0.717, 1.165) is 5.56 Å². The van der Waals surface area contributed by atoms with Gasteiger partial charge >= 0.3 is 0 Å². The van der Waals surface area contributed by atoms with Crippen LogP contribution in [-0.2, 0) is 26.0 Å². The van der Waals surface area contributed by atoms with Crippen LogP contribution in [0.4, 0.5) is 0 Å². The van der Waals surface area contributed by atoms with Gasteiger partial charge in [0.2, 0.25) is 15.9 Å². The molecule has 0 aromatic heterocycles. The first kappa shape index (κ1) is 16.6. The van der Waals surface area contributed by atoms with E-state index in [9.17, 15) is 13.2 Å². The molecule has 0 heterocycles. The van der Waals surface area contributed by atoms with E-state index >= 15 is 0 Å². The molecule has 1 atom stereocenters. The number of aryl methyl sites for hydroxylation is 1. The highest BCUT2D eigenvalue weighted by Gasteiger charge is 2.08. The summed E-state index contributed by atoms with van der Waals surface area (Å²) < 4.78 is 27.2. The van der Waals surface area contributed by atoms with Crippen molar-refractivity contribution in [3.63, 3.8) is 0 Å². The van der Waals surface area contributed by atoms with Crippen LogP contribution < -0.4 is 10.5 Å². The summed E-state index contributed by atoms with van der Waals surface area (Å²) in [5.41, 5.74) is 0.882. The molecule has 20 heavy (non-hydrogen) atoms. The third-order valence-electron chi connectivity index (χ3n) is 2.88. The Morgan fingerprint density at radius 3 is 2.45 bits per heavy atom. The van der Waals surface area contributed by atoms with Crippen LogP contribution in [0.5, 0.6) is 0 Å². The molecule has 0 aliphatic rings. The number of hydrogen-bond donors (Lipinski definition) is 2. The summed E-state index contributed by atoms with van der Waals surface area (Å²) in [6.45, 7) is 2.34. The zero-order valence-corrected chi connectivity index (χ0v) is 12.4. The van der Waals surface area contributed by atoms with Gasteiger partial charge in [0, 0.05) is 20.1 Å². The number of rotatable bonds is 7. The smallest absolute Gasteiger partial charge is 0.238 e. The van der Waals surface area contributed by atoms with Gasteiger partial charge < -0.3 is 10.1 Å². The van der Waals surface area contributed by atoms with E-state index in [1.807, 2.05) is 6.92 Å². The average Bonchev–Trinajstić information content (AvgIpc) is 2.41. The van der Waals surface area contributed by atoms with Crippen LogP contribution in [0, 0.1) is 0 Å². The van der Waals surface area contributed by atoms with Crippen LogP contribution in [0.2, 0.25) is 0 Å². The van der Waals surface area contributed by atoms with Crippen molar-refractivity contribution >= 4 is 15.9 Å². The fourth-order valence-corrected chi connectivity index (χ4v) is 2.05. The summed E-state index contributed by atoms with van der Waals surface area (Å²) in [4.78, 5) is 11.6. The lowest BCUT2D eigenvalue weighted by Crippen LogP contribution is -2.31. The fourth-order valence-electron chi connectivity index (χ4n) is 1.53. The molecule has 3 N–H and O–H groups in total. The number of nitrogens with one attached hydrogen (secondary N) is 1. The van der Waals surface area contributed by atoms with Crippen molar-refractivity contribution in [3.8, 4) is 0 Å². The lowest BCUT2D eigenvalue weighted by Gasteiger charge is -2.10. The summed E-state index contributed by atoms with van der Waals surface area (Å²) in [6.07, 6.45) is 0.858. The van der Waals surface area contributed by atoms with Crippen LogP contribution in [0.3, 0.4) is 0 Å². The summed E-state index contributed by atoms with van der Waals surface area (Å²) in [5.74, 6) is -0.0653. The molecule has 7 heteroatoms. The Morgan fingerprint density at radius 1 is 1.35 bits per heavy atom. The first-order valence-electron chi connectivity index (χ1n) is 6.24. The lowest BCUT2D eigenvalue weighted by atomic mass is 10.1. The molecular formula is C13H20N2O4S. The Kier molecular flexibility index (Phi) is 6.12. The average molecular weight is 300 g/mol. The van der Waals surface area contributed by atoms with E-state index in [4.69, 9.17) is 9.88 Å². The van der Waals surface area contributed by atoms with Crippen LogP contribution >= 0.6 is 0 Å². The maximum Gasteiger partial charge on any atom is 0.238 e. The molecule has 1 aromatic carbocycles. The molecule has 1 rings (SSSR count). The number of primary sulfonamides is 1. The Hall–Kier alpha value is -1.44. The van der Waals surface area contributed by atoms with Crippen molar-refractivity contribution < 1.29 is 17.9 Å². The van der Waals surface area contributed by atoms with Gasteiger partial charge in [0.1, 0.15) is 0 Å². The number of methoxy groups -OCH3 is 1. The maximum absolute atomic E-state index is 11.6. The Balaban J connectivity index is 2.44. The minimum atomic E-state index is -3.67. The molecule has 0 spiro atoms. The van der Waals surface area contributed by atoms with Gasteiger partial charge in [0.15, 0.2) is 0 Å². The van der Waals surface area contributed by atoms with Crippen molar-refractivity contribution in [1.29, 1.82) is 0 Å². The van der Waals surface area contributed by atoms with E-state index in [1.54, 1.807) is 19.2 Å². The van der Waals surface area contributed by atoms with Gasteiger partial charge in [-0.3, -0.25) is 4.79 Å². The second-order valence-electron chi connectivity index (χ2n) is 4.54. The number of ether oxygens (including phenoxy) is 1. The van der Waals surface area contributed by atoms with Crippen LogP contribution in [-0.4, -0.2) is 34.1 Å². The molecule has 0 saturated heterocycles. The molecule has 6 nitrogen and oxygen atoms in total. The number of benzene rings is 1. The second-order valence-corrected chi connectivity index (χ2v) is 6.10. The first-order valence-corrected chi connectivity index (χ1v) is 7.79. The lowest BCUT2D eigenvalue weighted by molar-refractivity contribution is -0.121. The van der Waals surface area contributed by atoms with Crippen molar-refractivity contribution in [1.82, 2.24) is 5.32 Å². The number of nitrogens with two attached hydrogens (primary N) is 1. The van der Waals surface area contributed by atoms with Gasteiger partial charge in [0.05, 0.1) is 11.0 Å². The number of carbonyl (C=O) groups excluding carboxylic acids is 1. The molecule has 0 bridgehead atoms. The number of carbonyl (C=O) groups is 1. The first-order chi connectivity index (χ1) is 9.32. The van der Waals surface area contributed by atoms with E-state index in [1.165, 1.54) is 12.1 Å². The zero-order chi connectivity index (χ0) is 15.2. The van der Waals surface area contributed by atoms with E-state index in [2.05, 4.69) is 5.32 Å². The molecule has 1 unspecified atom stereocenters. The van der Waals surface area contributed by atoms with E-state index in [0.29, 0.717) is 19.4 Å². The summed E-state index contributed by atoms with van der Waals surface area (Å²) in [7, 11) is -2.08. The quantitative estimate of drug-likeness (QED) is 0.762. The van der Waals surface area contributed by atoms with Crippen LogP contribution in [0.25, 0.3) is 0 Å². The summed E-state index contributed by atoms with van der Waals surface area (Å²) in [6, 6.07) is 6.20. The molecule has 0 aliphatic heterocycles. The van der Waals surface area contributed by atoms with Crippen LogP contribution in [0.1, 0.15) is 18.9 Å². The van der Waals surface area contributed by atoms with Gasteiger partial charge in [-0.15, -0.1) is 0 Å². The minimum absolute atomic E-state index is 0.0204. The molecular weight excluding hydrogens is 280 g/mol. The Labute approximate surface area is 119 Å². The third kappa shape index (κ3) is 5.68. The zero-order valence-electron chi connectivity index (χ0n) is 11.6. The number of hydrogen-bond acceptors (Lipinski definition) is 4. The van der Waals surface area contributed by atoms with Gasteiger partial charge in [-0.05, 0) is 31.0 Å². The van der Waals surface area contributed by atoms with Gasteiger partial charge in [-0.1, -0.05) is 12.1 Å². The fraction of sp³-hybridized carbons (Fsp3) is 0.462. The van der Waals surface area contributed by atoms with Gasteiger partial charge in [-0.2, -0.15) is 0 Å². The predicted octanol–water partition coefficient (Wildman–Crippen LogP) is 0.418. The third-order valence-corrected chi connectivity index (χ3v) is 3.81. The minimum Gasteiger partial charge on any atom is -0.380 e. The standard InChI is InChI=1S/C13H20N2O4S/c1-10(19-2)9-15-13(16)8-5-11-3-6-12(7-4-11)20(14,17)18/h3-4,6-7,10H,5,8-9H2,1-2H3,(H,15,16)(H2,14,17,18). The summed E-state index contributed by atoms with van der Waals surface area (Å²) >= 11 is 0. The van der Waals surface area contributed by atoms with Crippen LogP contribution in [0.15, 0.2) is 29.2 Å². The monoisotopic (exact) mass is 300 g/mol. The molecule has 1 aromatic rings. The van der Waals surface area contributed by atoms with Crippen molar-refractivity contribution in [2.75, 3.05) is 13.7 Å². The van der Waals surface area contributed by atoms with Gasteiger partial charge in [-0.25, -0.2) is 13.6 Å². The molecule has 112 valence electrons. The Bertz CT molecular complexity index is 540. The highest BCUT2D eigenvalue weighted by Crippen LogP contribution is 2.10. The predicted molar refractivity (Wildman–Crippen MR) is 75.6 cm³/mol. The molecule has 0 saturated carbocycles. The van der Waals surface area contributed by atoms with Gasteiger partial charge in [0.25, 0.3) is 0 Å². The second kappa shape index (κ2) is 7.37. The highest BCUT2D eigenvalue weighted by atomic mass is 32.2. The number of sulfonamides is 1. The molecule has 0 aliphatic carbocycles. The molecule has 1 amide bonds. The Morgan fingerprint density at radius 2 is 1.95 bits per heavy atom. The molecule has 0 radical (unpaired) electrons. The van der Waals surface area contributed by atoms with Crippen molar-refractivity contribution in [3.05, 3.63) is 29.8 Å². The number of amides is 1. The van der Waals surface area contributed by atoms with Crippen molar-refractivity contribution in [2.24, 2.45) is 5.14 Å². The summed E-state index contributed by atoms with van der Waals surface area (Å²) in [5, 5.41) is 7.77. The molecule has 0 fully saturated rings. The largest absolute Gasteiger partial charge is 0.380 e. The normalized spacial score (nSPS) is 12.9. The van der Waals surface area contributed by atoms with E-state index in [-0.39, 0.29) is 16.9 Å². The van der Waals surface area contributed by atoms with Crippen molar-refractivity contribution in [2.45, 2.75) is 30.8 Å². The van der Waals surface area contributed by atoms with E-state index < -0.39 is 10.0 Å². The highest BCUT2D eigenvalue weighted by molar-refractivity contribution is 7.89. The maximum atomic E-state index is 11.6. The SMILES string of the molecule is COC(C)CNC(=O)CCc1ccc(S(N)(=O)=O)cc1.